The zero-order valence-electron chi connectivity index (χ0n) is 11.4. The van der Waals surface area contributed by atoms with Crippen molar-refractivity contribution in [1.29, 1.82) is 0 Å². The fraction of sp³-hybridized carbons (Fsp3) is 0.500. The van der Waals surface area contributed by atoms with Gasteiger partial charge in [0.05, 0.1) is 0 Å². The van der Waals surface area contributed by atoms with E-state index in [2.05, 4.69) is 53.3 Å². The second-order valence-electron chi connectivity index (χ2n) is 4.88. The molecule has 2 aromatic rings. The molecule has 1 heterocycles. The van der Waals surface area contributed by atoms with Crippen molar-refractivity contribution in [1.82, 2.24) is 9.88 Å². The summed E-state index contributed by atoms with van der Waals surface area (Å²) in [5.74, 6) is 0. The van der Waals surface area contributed by atoms with E-state index < -0.39 is 0 Å². The number of hydrogen-bond donors (Lipinski definition) is 1. The van der Waals surface area contributed by atoms with E-state index in [1.54, 1.807) is 0 Å². The minimum Gasteiger partial charge on any atom is -0.347 e. The van der Waals surface area contributed by atoms with Crippen molar-refractivity contribution in [3.8, 4) is 0 Å². The zero-order chi connectivity index (χ0) is 12.6. The number of fused-ring (bicyclic) bond motifs is 1. The van der Waals surface area contributed by atoms with Crippen LogP contribution in [0, 0.1) is 0 Å². The van der Waals surface area contributed by atoms with Crippen molar-refractivity contribution < 1.29 is 0 Å². The van der Waals surface area contributed by atoms with Crippen LogP contribution in [0.15, 0.2) is 36.5 Å². The van der Waals surface area contributed by atoms with Gasteiger partial charge in [0, 0.05) is 18.3 Å². The summed E-state index contributed by atoms with van der Waals surface area (Å²) in [5, 5.41) is 4.86. The maximum atomic E-state index is 3.52. The molecule has 0 fully saturated rings. The molecule has 0 spiro atoms. The molecule has 0 aliphatic rings. The van der Waals surface area contributed by atoms with Gasteiger partial charge in [0.15, 0.2) is 0 Å². The van der Waals surface area contributed by atoms with Crippen LogP contribution >= 0.6 is 0 Å². The summed E-state index contributed by atoms with van der Waals surface area (Å²) in [6, 6.07) is 10.8. The number of nitrogens with zero attached hydrogens (tertiary/aromatic N) is 1. The van der Waals surface area contributed by atoms with E-state index in [4.69, 9.17) is 0 Å². The van der Waals surface area contributed by atoms with Gasteiger partial charge in [-0.3, -0.25) is 0 Å². The average Bonchev–Trinajstić information content (AvgIpc) is 2.81. The lowest BCUT2D eigenvalue weighted by Crippen LogP contribution is -2.18. The summed E-state index contributed by atoms with van der Waals surface area (Å²) in [6.07, 6.45) is 7.35. The third kappa shape index (κ3) is 3.61. The Morgan fingerprint density at radius 2 is 1.83 bits per heavy atom. The Hall–Kier alpha value is -1.28. The number of benzene rings is 1. The van der Waals surface area contributed by atoms with E-state index in [0.29, 0.717) is 0 Å². The van der Waals surface area contributed by atoms with Crippen molar-refractivity contribution >= 4 is 10.9 Å². The van der Waals surface area contributed by atoms with Gasteiger partial charge in [0.2, 0.25) is 0 Å². The maximum absolute atomic E-state index is 3.52. The SMILES string of the molecule is CCCCCNCCCn1ccc2ccccc21. The topological polar surface area (TPSA) is 17.0 Å². The van der Waals surface area contributed by atoms with Gasteiger partial charge in [-0.15, -0.1) is 0 Å². The summed E-state index contributed by atoms with van der Waals surface area (Å²) < 4.78 is 2.35. The van der Waals surface area contributed by atoms with Gasteiger partial charge in [-0.05, 0) is 43.5 Å². The number of aromatic nitrogens is 1. The highest BCUT2D eigenvalue weighted by molar-refractivity contribution is 5.79. The number of hydrogen-bond acceptors (Lipinski definition) is 1. The molecule has 2 heteroatoms. The molecular weight excluding hydrogens is 220 g/mol. The van der Waals surface area contributed by atoms with Crippen LogP contribution in [-0.2, 0) is 6.54 Å². The Morgan fingerprint density at radius 1 is 1.00 bits per heavy atom. The van der Waals surface area contributed by atoms with Gasteiger partial charge in [-0.2, -0.15) is 0 Å². The van der Waals surface area contributed by atoms with E-state index in [1.165, 1.54) is 43.1 Å². The predicted octanol–water partition coefficient (Wildman–Crippen LogP) is 3.81. The first-order chi connectivity index (χ1) is 8.92. The molecule has 0 aliphatic heterocycles. The van der Waals surface area contributed by atoms with Gasteiger partial charge < -0.3 is 9.88 Å². The van der Waals surface area contributed by atoms with E-state index in [0.717, 1.165) is 13.1 Å². The fourth-order valence-corrected chi connectivity index (χ4v) is 2.33. The van der Waals surface area contributed by atoms with Crippen LogP contribution in [0.2, 0.25) is 0 Å². The molecule has 0 amide bonds. The van der Waals surface area contributed by atoms with Crippen LogP contribution in [0.1, 0.15) is 32.6 Å². The van der Waals surface area contributed by atoms with Crippen molar-refractivity contribution in [2.45, 2.75) is 39.2 Å². The first kappa shape index (κ1) is 13.2. The summed E-state index contributed by atoms with van der Waals surface area (Å²) in [4.78, 5) is 0. The molecular formula is C16H24N2. The lowest BCUT2D eigenvalue weighted by molar-refractivity contribution is 0.567. The Labute approximate surface area is 110 Å². The largest absolute Gasteiger partial charge is 0.347 e. The van der Waals surface area contributed by atoms with E-state index in [9.17, 15) is 0 Å². The minimum absolute atomic E-state index is 1.11. The number of nitrogens with one attached hydrogen (secondary N) is 1. The molecule has 2 nitrogen and oxygen atoms in total. The molecule has 0 unspecified atom stereocenters. The van der Waals surface area contributed by atoms with Crippen molar-refractivity contribution in [2.75, 3.05) is 13.1 Å². The first-order valence-electron chi connectivity index (χ1n) is 7.16. The monoisotopic (exact) mass is 244 g/mol. The van der Waals surface area contributed by atoms with Gasteiger partial charge >= 0.3 is 0 Å². The third-order valence-electron chi connectivity index (χ3n) is 3.39. The Kier molecular flexibility index (Phi) is 5.28. The van der Waals surface area contributed by atoms with Crippen LogP contribution in [0.5, 0.6) is 0 Å². The highest BCUT2D eigenvalue weighted by Gasteiger charge is 1.98. The first-order valence-corrected chi connectivity index (χ1v) is 7.16. The van der Waals surface area contributed by atoms with Crippen LogP contribution in [0.3, 0.4) is 0 Å². The second-order valence-corrected chi connectivity index (χ2v) is 4.88. The van der Waals surface area contributed by atoms with E-state index in [-0.39, 0.29) is 0 Å². The molecule has 1 aromatic heterocycles. The molecule has 0 saturated carbocycles. The summed E-state index contributed by atoms with van der Waals surface area (Å²) in [7, 11) is 0. The Balaban J connectivity index is 1.70. The molecule has 18 heavy (non-hydrogen) atoms. The molecule has 98 valence electrons. The lowest BCUT2D eigenvalue weighted by atomic mass is 10.2. The van der Waals surface area contributed by atoms with Gasteiger partial charge in [0.1, 0.15) is 0 Å². The van der Waals surface area contributed by atoms with E-state index in [1.807, 2.05) is 0 Å². The minimum atomic E-state index is 1.11. The quantitative estimate of drug-likeness (QED) is 0.699. The number of rotatable bonds is 8. The van der Waals surface area contributed by atoms with Gasteiger partial charge in [0.25, 0.3) is 0 Å². The molecule has 0 saturated heterocycles. The van der Waals surface area contributed by atoms with Crippen LogP contribution < -0.4 is 5.32 Å². The van der Waals surface area contributed by atoms with Gasteiger partial charge in [-0.1, -0.05) is 38.0 Å². The normalized spacial score (nSPS) is 11.2. The Morgan fingerprint density at radius 3 is 2.72 bits per heavy atom. The second kappa shape index (κ2) is 7.22. The molecule has 0 radical (unpaired) electrons. The third-order valence-corrected chi connectivity index (χ3v) is 3.39. The number of aryl methyl sites for hydroxylation is 1. The van der Waals surface area contributed by atoms with Crippen molar-refractivity contribution in [3.05, 3.63) is 36.5 Å². The van der Waals surface area contributed by atoms with E-state index >= 15 is 0 Å². The molecule has 1 N–H and O–H groups in total. The van der Waals surface area contributed by atoms with Crippen LogP contribution in [0.25, 0.3) is 10.9 Å². The van der Waals surface area contributed by atoms with Crippen LogP contribution in [0.4, 0.5) is 0 Å². The standard InChI is InChI=1S/C16H24N2/c1-2-3-6-11-17-12-7-13-18-14-10-15-8-4-5-9-16(15)18/h4-5,8-10,14,17H,2-3,6-7,11-13H2,1H3. The summed E-state index contributed by atoms with van der Waals surface area (Å²) in [6.45, 7) is 5.64. The summed E-state index contributed by atoms with van der Waals surface area (Å²) in [5.41, 5.74) is 1.35. The molecule has 0 aliphatic carbocycles. The zero-order valence-corrected chi connectivity index (χ0v) is 11.4. The molecule has 0 bridgehead atoms. The lowest BCUT2D eigenvalue weighted by Gasteiger charge is -2.06. The van der Waals surface area contributed by atoms with Gasteiger partial charge in [-0.25, -0.2) is 0 Å². The van der Waals surface area contributed by atoms with Crippen molar-refractivity contribution in [2.24, 2.45) is 0 Å². The number of para-hydroxylation sites is 1. The van der Waals surface area contributed by atoms with Crippen LogP contribution in [-0.4, -0.2) is 17.7 Å². The smallest absolute Gasteiger partial charge is 0.0480 e. The molecule has 0 atom stereocenters. The average molecular weight is 244 g/mol. The summed E-state index contributed by atoms with van der Waals surface area (Å²) >= 11 is 0. The molecule has 1 aromatic carbocycles. The van der Waals surface area contributed by atoms with Crippen molar-refractivity contribution in [3.63, 3.8) is 0 Å². The highest BCUT2D eigenvalue weighted by atomic mass is 15.0. The predicted molar refractivity (Wildman–Crippen MR) is 78.9 cm³/mol. The highest BCUT2D eigenvalue weighted by Crippen LogP contribution is 2.15. The number of unbranched alkanes of at least 4 members (excludes halogenated alkanes) is 2. The maximum Gasteiger partial charge on any atom is 0.0480 e. The Bertz CT molecular complexity index is 459. The molecule has 2 rings (SSSR count). The fourth-order valence-electron chi connectivity index (χ4n) is 2.33.